The highest BCUT2D eigenvalue weighted by atomic mass is 16.1. The predicted molar refractivity (Wildman–Crippen MR) is 68.2 cm³/mol. The van der Waals surface area contributed by atoms with Crippen LogP contribution in [0.5, 0.6) is 0 Å². The predicted octanol–water partition coefficient (Wildman–Crippen LogP) is 1.78. The molecule has 0 amide bonds. The zero-order chi connectivity index (χ0) is 13.1. The van der Waals surface area contributed by atoms with Gasteiger partial charge in [-0.25, -0.2) is 0 Å². The highest BCUT2D eigenvalue weighted by Gasteiger charge is 2.10. The lowest BCUT2D eigenvalue weighted by molar-refractivity contribution is 0.708. The van der Waals surface area contributed by atoms with E-state index in [1.54, 1.807) is 17.7 Å². The Hall–Kier alpha value is -2.41. The molecule has 0 fully saturated rings. The smallest absolute Gasteiger partial charge is 0.269 e. The van der Waals surface area contributed by atoms with E-state index in [4.69, 9.17) is 5.26 Å². The fourth-order valence-electron chi connectivity index (χ4n) is 1.91. The van der Waals surface area contributed by atoms with E-state index in [9.17, 15) is 4.79 Å². The second kappa shape index (κ2) is 4.84. The van der Waals surface area contributed by atoms with Crippen molar-refractivity contribution in [3.63, 3.8) is 0 Å². The molecule has 2 rings (SSSR count). The molecular formula is C14H13N3O. The monoisotopic (exact) mass is 239 g/mol. The van der Waals surface area contributed by atoms with E-state index < -0.39 is 0 Å². The van der Waals surface area contributed by atoms with Gasteiger partial charge in [-0.3, -0.25) is 9.78 Å². The first-order valence-electron chi connectivity index (χ1n) is 5.64. The lowest BCUT2D eigenvalue weighted by Gasteiger charge is -2.11. The van der Waals surface area contributed by atoms with Crippen LogP contribution in [0.2, 0.25) is 0 Å². The summed E-state index contributed by atoms with van der Waals surface area (Å²) in [6.07, 6.45) is 1.69. The Kier molecular flexibility index (Phi) is 3.24. The molecular weight excluding hydrogens is 226 g/mol. The molecule has 4 nitrogen and oxygen atoms in total. The Labute approximate surface area is 105 Å². The van der Waals surface area contributed by atoms with Gasteiger partial charge in [0, 0.05) is 11.9 Å². The van der Waals surface area contributed by atoms with Gasteiger partial charge in [0.1, 0.15) is 11.6 Å². The number of aryl methyl sites for hydroxylation is 2. The van der Waals surface area contributed by atoms with Crippen molar-refractivity contribution in [3.05, 3.63) is 63.3 Å². The molecule has 0 bridgehead atoms. The molecule has 0 radical (unpaired) electrons. The van der Waals surface area contributed by atoms with E-state index in [1.165, 1.54) is 0 Å². The van der Waals surface area contributed by atoms with Gasteiger partial charge in [0.15, 0.2) is 0 Å². The molecule has 0 aromatic carbocycles. The van der Waals surface area contributed by atoms with Crippen LogP contribution in [0.4, 0.5) is 0 Å². The molecule has 0 saturated carbocycles. The molecule has 0 aliphatic heterocycles. The standard InChI is InChI=1S/C14H13N3O/c1-10-7-11(2)17(14(18)13(10)8-15)9-12-5-3-4-6-16-12/h3-7H,9H2,1-2H3. The van der Waals surface area contributed by atoms with E-state index in [1.807, 2.05) is 37.3 Å². The van der Waals surface area contributed by atoms with Gasteiger partial charge in [-0.05, 0) is 37.6 Å². The van der Waals surface area contributed by atoms with Crippen LogP contribution in [-0.2, 0) is 6.54 Å². The number of hydrogen-bond donors (Lipinski definition) is 0. The van der Waals surface area contributed by atoms with Crippen LogP contribution >= 0.6 is 0 Å². The normalized spacial score (nSPS) is 10.1. The SMILES string of the molecule is Cc1cc(C)n(Cc2ccccn2)c(=O)c1C#N. The van der Waals surface area contributed by atoms with Crippen LogP contribution in [0.25, 0.3) is 0 Å². The van der Waals surface area contributed by atoms with Crippen molar-refractivity contribution in [2.24, 2.45) is 0 Å². The van der Waals surface area contributed by atoms with E-state index >= 15 is 0 Å². The molecule has 0 atom stereocenters. The first kappa shape index (κ1) is 12.1. The van der Waals surface area contributed by atoms with Gasteiger partial charge in [-0.2, -0.15) is 5.26 Å². The van der Waals surface area contributed by atoms with Gasteiger partial charge in [0.05, 0.1) is 12.2 Å². The third kappa shape index (κ3) is 2.16. The van der Waals surface area contributed by atoms with Crippen LogP contribution in [0.1, 0.15) is 22.5 Å². The Bertz CT molecular complexity index is 666. The van der Waals surface area contributed by atoms with Crippen LogP contribution in [0.3, 0.4) is 0 Å². The summed E-state index contributed by atoms with van der Waals surface area (Å²) in [5, 5.41) is 9.00. The quantitative estimate of drug-likeness (QED) is 0.802. The molecule has 0 aliphatic carbocycles. The van der Waals surface area contributed by atoms with Crippen molar-refractivity contribution < 1.29 is 0 Å². The number of nitriles is 1. The number of rotatable bonds is 2. The summed E-state index contributed by atoms with van der Waals surface area (Å²) in [4.78, 5) is 16.4. The number of pyridine rings is 2. The molecule has 0 aliphatic rings. The number of nitrogens with zero attached hydrogens (tertiary/aromatic N) is 3. The fourth-order valence-corrected chi connectivity index (χ4v) is 1.91. The van der Waals surface area contributed by atoms with Gasteiger partial charge >= 0.3 is 0 Å². The van der Waals surface area contributed by atoms with Crippen LogP contribution in [0, 0.1) is 25.2 Å². The maximum absolute atomic E-state index is 12.2. The van der Waals surface area contributed by atoms with Gasteiger partial charge in [0.25, 0.3) is 5.56 Å². The molecule has 2 aromatic heterocycles. The Morgan fingerprint density at radius 2 is 2.17 bits per heavy atom. The summed E-state index contributed by atoms with van der Waals surface area (Å²) in [6, 6.07) is 9.38. The van der Waals surface area contributed by atoms with E-state index in [0.717, 1.165) is 17.0 Å². The number of hydrogen-bond acceptors (Lipinski definition) is 3. The molecule has 4 heteroatoms. The molecule has 18 heavy (non-hydrogen) atoms. The molecule has 2 aromatic rings. The first-order chi connectivity index (χ1) is 8.63. The van der Waals surface area contributed by atoms with Crippen molar-refractivity contribution in [3.8, 4) is 6.07 Å². The lowest BCUT2D eigenvalue weighted by Crippen LogP contribution is -2.26. The van der Waals surface area contributed by atoms with E-state index in [-0.39, 0.29) is 11.1 Å². The third-order valence-corrected chi connectivity index (χ3v) is 2.86. The van der Waals surface area contributed by atoms with Crippen molar-refractivity contribution in [1.82, 2.24) is 9.55 Å². The minimum absolute atomic E-state index is 0.205. The van der Waals surface area contributed by atoms with E-state index in [2.05, 4.69) is 4.98 Å². The van der Waals surface area contributed by atoms with Crippen LogP contribution in [-0.4, -0.2) is 9.55 Å². The summed E-state index contributed by atoms with van der Waals surface area (Å²) in [5.41, 5.74) is 2.31. The van der Waals surface area contributed by atoms with Gasteiger partial charge < -0.3 is 4.57 Å². The summed E-state index contributed by atoms with van der Waals surface area (Å²) >= 11 is 0. The summed E-state index contributed by atoms with van der Waals surface area (Å²) in [5.74, 6) is 0. The topological polar surface area (TPSA) is 58.7 Å². The highest BCUT2D eigenvalue weighted by molar-refractivity contribution is 5.36. The fraction of sp³-hybridized carbons (Fsp3) is 0.214. The lowest BCUT2D eigenvalue weighted by atomic mass is 10.1. The minimum Gasteiger partial charge on any atom is -0.306 e. The van der Waals surface area contributed by atoms with Crippen molar-refractivity contribution in [2.45, 2.75) is 20.4 Å². The largest absolute Gasteiger partial charge is 0.306 e. The zero-order valence-electron chi connectivity index (χ0n) is 10.3. The Balaban J connectivity index is 2.53. The molecule has 2 heterocycles. The van der Waals surface area contributed by atoms with Gasteiger partial charge in [-0.15, -0.1) is 0 Å². The molecule has 0 unspecified atom stereocenters. The summed E-state index contributed by atoms with van der Waals surface area (Å²) in [6.45, 7) is 4.02. The molecule has 0 spiro atoms. The minimum atomic E-state index is -0.249. The van der Waals surface area contributed by atoms with Crippen LogP contribution in [0.15, 0.2) is 35.3 Å². The second-order valence-electron chi connectivity index (χ2n) is 4.17. The molecule has 0 saturated heterocycles. The summed E-state index contributed by atoms with van der Waals surface area (Å²) in [7, 11) is 0. The van der Waals surface area contributed by atoms with Gasteiger partial charge in [0.2, 0.25) is 0 Å². The Morgan fingerprint density at radius 3 is 2.78 bits per heavy atom. The highest BCUT2D eigenvalue weighted by Crippen LogP contribution is 2.07. The van der Waals surface area contributed by atoms with E-state index in [0.29, 0.717) is 6.54 Å². The Morgan fingerprint density at radius 1 is 1.39 bits per heavy atom. The second-order valence-corrected chi connectivity index (χ2v) is 4.17. The summed E-state index contributed by atoms with van der Waals surface area (Å²) < 4.78 is 1.58. The third-order valence-electron chi connectivity index (χ3n) is 2.86. The first-order valence-corrected chi connectivity index (χ1v) is 5.64. The van der Waals surface area contributed by atoms with Crippen molar-refractivity contribution in [2.75, 3.05) is 0 Å². The molecule has 0 N–H and O–H groups in total. The average Bonchev–Trinajstić information content (AvgIpc) is 2.36. The van der Waals surface area contributed by atoms with Crippen molar-refractivity contribution >= 4 is 0 Å². The zero-order valence-corrected chi connectivity index (χ0v) is 10.3. The van der Waals surface area contributed by atoms with Crippen LogP contribution < -0.4 is 5.56 Å². The van der Waals surface area contributed by atoms with Gasteiger partial charge in [-0.1, -0.05) is 6.07 Å². The molecule has 90 valence electrons. The van der Waals surface area contributed by atoms with Crippen molar-refractivity contribution in [1.29, 1.82) is 5.26 Å². The number of aromatic nitrogens is 2. The average molecular weight is 239 g/mol. The maximum Gasteiger partial charge on any atom is 0.269 e. The maximum atomic E-state index is 12.2.